The van der Waals surface area contributed by atoms with Crippen LogP contribution in [0.5, 0.6) is 11.5 Å². The van der Waals surface area contributed by atoms with Crippen LogP contribution >= 0.6 is 0 Å². The normalized spacial score (nSPS) is 13.8. The fourth-order valence-electron chi connectivity index (χ4n) is 2.55. The van der Waals surface area contributed by atoms with Crippen molar-refractivity contribution in [2.45, 2.75) is 39.5 Å². The summed E-state index contributed by atoms with van der Waals surface area (Å²) in [5.41, 5.74) is 1.39. The van der Waals surface area contributed by atoms with Crippen LogP contribution in [0.3, 0.4) is 0 Å². The second-order valence-electron chi connectivity index (χ2n) is 6.30. The summed E-state index contributed by atoms with van der Waals surface area (Å²) in [4.78, 5) is 5.61. The van der Waals surface area contributed by atoms with Crippen LogP contribution < -0.4 is 14.4 Å². The van der Waals surface area contributed by atoms with E-state index in [0.29, 0.717) is 37.9 Å². The van der Waals surface area contributed by atoms with Crippen LogP contribution in [-0.4, -0.2) is 57.0 Å². The number of hydrogen-bond donors (Lipinski definition) is 0. The molecule has 0 aromatic heterocycles. The number of unbranched alkanes of at least 4 members (excludes halogenated alkanes) is 2. The summed E-state index contributed by atoms with van der Waals surface area (Å²) in [5, 5.41) is 9.33. The molecule has 1 saturated heterocycles. The van der Waals surface area contributed by atoms with Crippen molar-refractivity contribution >= 4 is 21.8 Å². The predicted octanol–water partition coefficient (Wildman–Crippen LogP) is 3.03. The van der Waals surface area contributed by atoms with Gasteiger partial charge in [-0.25, -0.2) is 0 Å². The quantitative estimate of drug-likeness (QED) is 0.250. The average Bonchev–Trinajstić information content (AvgIpc) is 2.68. The second kappa shape index (κ2) is 13.2. The molecule has 0 amide bonds. The van der Waals surface area contributed by atoms with E-state index in [1.54, 1.807) is 6.07 Å². The van der Waals surface area contributed by atoms with Gasteiger partial charge in [0, 0.05) is 29.6 Å². The van der Waals surface area contributed by atoms with E-state index in [0.717, 1.165) is 50.2 Å². The van der Waals surface area contributed by atoms with E-state index in [4.69, 9.17) is 31.7 Å². The number of rotatable bonds is 9. The molecule has 10 nitrogen and oxygen atoms in total. The summed E-state index contributed by atoms with van der Waals surface area (Å²) >= 11 is 0. The Balaban J connectivity index is 0.000000749. The van der Waals surface area contributed by atoms with Gasteiger partial charge < -0.3 is 28.2 Å². The van der Waals surface area contributed by atoms with Gasteiger partial charge in [-0.05, 0) is 12.8 Å². The highest BCUT2D eigenvalue weighted by molar-refractivity contribution is 7.79. The SMILES string of the molecule is CCCCOc1cc(N2CCOCC2)c(OCCCC)cc1[N+]#N.O=S(=O)([O-])[O-]. The van der Waals surface area contributed by atoms with Crippen molar-refractivity contribution in [3.63, 3.8) is 0 Å². The average molecular weight is 431 g/mol. The summed E-state index contributed by atoms with van der Waals surface area (Å²) in [6.07, 6.45) is 4.08. The first-order chi connectivity index (χ1) is 13.8. The number of hydrogen-bond acceptors (Lipinski definition) is 9. The summed E-state index contributed by atoms with van der Waals surface area (Å²) in [7, 11) is -5.17. The van der Waals surface area contributed by atoms with E-state index in [1.165, 1.54) is 0 Å². The number of diazo groups is 1. The number of nitrogens with zero attached hydrogens (tertiary/aromatic N) is 3. The molecule has 1 heterocycles. The molecule has 1 aliphatic rings. The molecule has 1 aliphatic heterocycles. The zero-order chi connectivity index (χ0) is 21.7. The maximum Gasteiger partial charge on any atom is 0.430 e. The van der Waals surface area contributed by atoms with Crippen LogP contribution in [-0.2, 0) is 15.1 Å². The molecule has 1 aromatic rings. The van der Waals surface area contributed by atoms with Crippen molar-refractivity contribution in [2.75, 3.05) is 44.4 Å². The van der Waals surface area contributed by atoms with Crippen LogP contribution in [0.2, 0.25) is 0 Å². The minimum absolute atomic E-state index is 0.412. The number of morpholine rings is 1. The molecule has 0 aliphatic carbocycles. The minimum Gasteiger partial charge on any atom is -0.759 e. The highest BCUT2D eigenvalue weighted by atomic mass is 32.3. The van der Waals surface area contributed by atoms with E-state index in [9.17, 15) is 5.39 Å². The molecule has 0 unspecified atom stereocenters. The van der Waals surface area contributed by atoms with Crippen molar-refractivity contribution in [3.05, 3.63) is 17.1 Å². The van der Waals surface area contributed by atoms with Gasteiger partial charge in [-0.2, -0.15) is 0 Å². The Bertz CT molecular complexity index is 751. The van der Waals surface area contributed by atoms with Gasteiger partial charge in [-0.1, -0.05) is 26.7 Å². The topological polar surface area (TPSA) is 139 Å². The maximum atomic E-state index is 9.33. The van der Waals surface area contributed by atoms with Gasteiger partial charge in [0.25, 0.3) is 0 Å². The first-order valence-electron chi connectivity index (χ1n) is 9.58. The Morgan fingerprint density at radius 2 is 1.59 bits per heavy atom. The summed E-state index contributed by atoms with van der Waals surface area (Å²) in [6.45, 7) is 8.53. The molecular formula is C18H28N3O7S-. The standard InChI is InChI=1S/C18H28N3O3.H2O4S/c1-3-5-9-23-17-14-16(21-7-11-22-12-8-21)18(13-15(17)20-19)24-10-6-4-2;1-5(2,3)4/h13-14H,3-12H2,1-2H3;(H2,1,2,3,4)/q+1;/p-2. The van der Waals surface area contributed by atoms with Gasteiger partial charge in [0.15, 0.2) is 10.7 Å². The van der Waals surface area contributed by atoms with Crippen LogP contribution in [0, 0.1) is 5.39 Å². The second-order valence-corrected chi connectivity index (χ2v) is 7.12. The van der Waals surface area contributed by atoms with Gasteiger partial charge >= 0.3 is 5.69 Å². The Hall–Kier alpha value is -2.13. The number of benzene rings is 1. The molecule has 1 aromatic carbocycles. The van der Waals surface area contributed by atoms with Gasteiger partial charge in [0.05, 0.1) is 38.2 Å². The summed E-state index contributed by atoms with van der Waals surface area (Å²) < 4.78 is 51.3. The lowest BCUT2D eigenvalue weighted by Gasteiger charge is -2.30. The fraction of sp³-hybridized carbons (Fsp3) is 0.667. The van der Waals surface area contributed by atoms with Gasteiger partial charge in [0.2, 0.25) is 11.1 Å². The van der Waals surface area contributed by atoms with Crippen LogP contribution in [0.25, 0.3) is 4.98 Å². The lowest BCUT2D eigenvalue weighted by atomic mass is 10.2. The van der Waals surface area contributed by atoms with Crippen LogP contribution in [0.1, 0.15) is 39.5 Å². The molecule has 0 atom stereocenters. The van der Waals surface area contributed by atoms with Gasteiger partial charge in [-0.15, -0.1) is 0 Å². The first kappa shape index (κ1) is 24.9. The van der Waals surface area contributed by atoms with Crippen molar-refractivity contribution in [3.8, 4) is 11.5 Å². The third-order valence-electron chi connectivity index (χ3n) is 4.01. The van der Waals surface area contributed by atoms with E-state index < -0.39 is 10.4 Å². The minimum atomic E-state index is -5.17. The lowest BCUT2D eigenvalue weighted by Crippen LogP contribution is -2.36. The van der Waals surface area contributed by atoms with E-state index in [-0.39, 0.29) is 0 Å². The molecule has 2 rings (SSSR count). The Morgan fingerprint density at radius 3 is 2.07 bits per heavy atom. The van der Waals surface area contributed by atoms with Crippen molar-refractivity contribution in [1.29, 1.82) is 5.39 Å². The van der Waals surface area contributed by atoms with E-state index in [1.807, 2.05) is 6.07 Å². The maximum absolute atomic E-state index is 9.33. The van der Waals surface area contributed by atoms with Crippen molar-refractivity contribution in [1.82, 2.24) is 0 Å². The van der Waals surface area contributed by atoms with E-state index in [2.05, 4.69) is 23.7 Å². The van der Waals surface area contributed by atoms with Crippen LogP contribution in [0.4, 0.5) is 11.4 Å². The molecule has 11 heteroatoms. The Labute approximate surface area is 172 Å². The highest BCUT2D eigenvalue weighted by Crippen LogP contribution is 2.40. The largest absolute Gasteiger partial charge is 0.759 e. The fourth-order valence-corrected chi connectivity index (χ4v) is 2.55. The predicted molar refractivity (Wildman–Crippen MR) is 105 cm³/mol. The van der Waals surface area contributed by atoms with Crippen molar-refractivity contribution in [2.24, 2.45) is 0 Å². The summed E-state index contributed by atoms with van der Waals surface area (Å²) in [6, 6.07) is 3.69. The monoisotopic (exact) mass is 430 g/mol. The summed E-state index contributed by atoms with van der Waals surface area (Å²) in [5.74, 6) is 1.33. The molecule has 29 heavy (non-hydrogen) atoms. The smallest absolute Gasteiger partial charge is 0.430 e. The Kier molecular flexibility index (Phi) is 11.3. The Morgan fingerprint density at radius 1 is 1.07 bits per heavy atom. The van der Waals surface area contributed by atoms with Crippen molar-refractivity contribution < 1.29 is 31.7 Å². The molecule has 1 fully saturated rings. The molecule has 0 spiro atoms. The molecule has 0 radical (unpaired) electrons. The molecule has 0 saturated carbocycles. The molecule has 0 bridgehead atoms. The third kappa shape index (κ3) is 10.3. The zero-order valence-corrected chi connectivity index (χ0v) is 17.6. The zero-order valence-electron chi connectivity index (χ0n) is 16.8. The van der Waals surface area contributed by atoms with E-state index >= 15 is 0 Å². The van der Waals surface area contributed by atoms with Crippen LogP contribution in [0.15, 0.2) is 12.1 Å². The number of anilines is 1. The van der Waals surface area contributed by atoms with Gasteiger partial charge in [0.1, 0.15) is 0 Å². The van der Waals surface area contributed by atoms with Gasteiger partial charge in [-0.3, -0.25) is 8.42 Å². The molecular weight excluding hydrogens is 402 g/mol. The highest BCUT2D eigenvalue weighted by Gasteiger charge is 2.24. The lowest BCUT2D eigenvalue weighted by molar-refractivity contribution is 0.122. The molecule has 0 N–H and O–H groups in total. The number of ether oxygens (including phenoxy) is 3. The molecule has 164 valence electrons. The third-order valence-corrected chi connectivity index (χ3v) is 4.01. The first-order valence-corrected chi connectivity index (χ1v) is 10.9.